The van der Waals surface area contributed by atoms with Crippen LogP contribution in [0.5, 0.6) is 5.75 Å². The molecule has 0 atom stereocenters. The molecule has 158 valence electrons. The van der Waals surface area contributed by atoms with Crippen molar-refractivity contribution in [1.29, 1.82) is 0 Å². The van der Waals surface area contributed by atoms with Crippen LogP contribution in [0.25, 0.3) is 10.8 Å². The Kier molecular flexibility index (Phi) is 7.08. The second-order valence-electron chi connectivity index (χ2n) is 7.32. The van der Waals surface area contributed by atoms with Crippen molar-refractivity contribution in [3.8, 4) is 5.75 Å². The average Bonchev–Trinajstić information content (AvgIpc) is 2.79. The number of benzene rings is 4. The van der Waals surface area contributed by atoms with Gasteiger partial charge in [0.2, 0.25) is 0 Å². The first-order valence-corrected chi connectivity index (χ1v) is 10.9. The summed E-state index contributed by atoms with van der Waals surface area (Å²) < 4.78 is 20.0. The number of hydrogen-bond donors (Lipinski definition) is 1. The minimum atomic E-state index is -0.167. The number of nitrogens with one attached hydrogen (secondary N) is 1. The van der Waals surface area contributed by atoms with E-state index in [1.54, 1.807) is 12.1 Å². The lowest BCUT2D eigenvalue weighted by Crippen LogP contribution is -2.18. The third-order valence-corrected chi connectivity index (χ3v) is 5.95. The van der Waals surface area contributed by atoms with Crippen LogP contribution in [-0.2, 0) is 19.6 Å². The van der Waals surface area contributed by atoms with Crippen molar-refractivity contribution < 1.29 is 9.13 Å². The Hall–Kier alpha value is -2.59. The van der Waals surface area contributed by atoms with Gasteiger partial charge in [0.05, 0.1) is 10.0 Å². The first-order chi connectivity index (χ1) is 15.1. The highest BCUT2D eigenvalue weighted by Crippen LogP contribution is 2.29. The van der Waals surface area contributed by atoms with Gasteiger partial charge in [-0.25, -0.2) is 4.39 Å². The lowest BCUT2D eigenvalue weighted by atomic mass is 10.0. The molecule has 4 rings (SSSR count). The minimum Gasteiger partial charge on any atom is -0.489 e. The summed E-state index contributed by atoms with van der Waals surface area (Å²) >= 11 is 12.1. The summed E-state index contributed by atoms with van der Waals surface area (Å²) in [5.74, 6) is 0.642. The number of ether oxygens (including phenoxy) is 1. The van der Waals surface area contributed by atoms with Gasteiger partial charge in [-0.3, -0.25) is 0 Å². The van der Waals surface area contributed by atoms with Crippen molar-refractivity contribution in [1.82, 2.24) is 5.32 Å². The molecular formula is C26H22Cl2FNO. The van der Waals surface area contributed by atoms with E-state index in [0.717, 1.165) is 27.6 Å². The fourth-order valence-corrected chi connectivity index (χ4v) is 3.88. The van der Waals surface area contributed by atoms with Crippen LogP contribution in [0.3, 0.4) is 0 Å². The van der Waals surface area contributed by atoms with Crippen LogP contribution < -0.4 is 10.1 Å². The number of rotatable bonds is 8. The van der Waals surface area contributed by atoms with Gasteiger partial charge >= 0.3 is 0 Å². The summed E-state index contributed by atoms with van der Waals surface area (Å²) in [6.07, 6.45) is 0.622. The van der Waals surface area contributed by atoms with E-state index in [0.29, 0.717) is 41.7 Å². The van der Waals surface area contributed by atoms with E-state index >= 15 is 0 Å². The minimum absolute atomic E-state index is 0.167. The first-order valence-electron chi connectivity index (χ1n) is 10.1. The maximum Gasteiger partial charge on any atom is 0.126 e. The van der Waals surface area contributed by atoms with Gasteiger partial charge in [0.15, 0.2) is 0 Å². The zero-order valence-corrected chi connectivity index (χ0v) is 18.4. The van der Waals surface area contributed by atoms with E-state index in [9.17, 15) is 4.39 Å². The van der Waals surface area contributed by atoms with Crippen molar-refractivity contribution in [3.05, 3.63) is 111 Å². The van der Waals surface area contributed by atoms with Crippen molar-refractivity contribution in [2.45, 2.75) is 19.6 Å². The molecule has 2 nitrogen and oxygen atoms in total. The number of halogens is 3. The molecule has 31 heavy (non-hydrogen) atoms. The second-order valence-corrected chi connectivity index (χ2v) is 8.13. The molecule has 0 unspecified atom stereocenters. The molecule has 0 radical (unpaired) electrons. The molecule has 0 aromatic heterocycles. The molecule has 1 N–H and O–H groups in total. The normalized spacial score (nSPS) is 11.1. The van der Waals surface area contributed by atoms with E-state index in [-0.39, 0.29) is 5.82 Å². The van der Waals surface area contributed by atoms with Crippen molar-refractivity contribution in [2.24, 2.45) is 0 Å². The Labute approximate surface area is 191 Å². The van der Waals surface area contributed by atoms with Crippen LogP contribution in [0.15, 0.2) is 78.9 Å². The SMILES string of the molecule is Fc1ccccc1CCNCc1c(OCc2ccc(Cl)c(Cl)c2)ccc2ccccc12. The highest BCUT2D eigenvalue weighted by molar-refractivity contribution is 6.42. The van der Waals surface area contributed by atoms with Gasteiger partial charge in [0, 0.05) is 12.1 Å². The van der Waals surface area contributed by atoms with Gasteiger partial charge in [-0.1, -0.05) is 77.8 Å². The smallest absolute Gasteiger partial charge is 0.126 e. The summed E-state index contributed by atoms with van der Waals surface area (Å²) in [5, 5.41) is 6.75. The van der Waals surface area contributed by atoms with Crippen LogP contribution >= 0.6 is 23.2 Å². The van der Waals surface area contributed by atoms with Crippen LogP contribution in [0, 0.1) is 5.82 Å². The zero-order valence-electron chi connectivity index (χ0n) is 16.9. The zero-order chi connectivity index (χ0) is 21.6. The highest BCUT2D eigenvalue weighted by atomic mass is 35.5. The molecule has 0 aliphatic carbocycles. The standard InChI is InChI=1S/C26H22Cl2FNO/c27-23-11-9-18(15-24(23)28)17-31-26-12-10-19-5-1-3-7-21(19)22(26)16-30-14-13-20-6-2-4-8-25(20)29/h1-12,15,30H,13-14,16-17H2. The summed E-state index contributed by atoms with van der Waals surface area (Å²) in [5.41, 5.74) is 2.73. The molecule has 5 heteroatoms. The average molecular weight is 454 g/mol. The van der Waals surface area contributed by atoms with Crippen LogP contribution in [-0.4, -0.2) is 6.54 Å². The van der Waals surface area contributed by atoms with Gasteiger partial charge in [-0.15, -0.1) is 0 Å². The molecule has 0 saturated carbocycles. The maximum atomic E-state index is 13.9. The Morgan fingerprint density at radius 3 is 2.48 bits per heavy atom. The molecular weight excluding hydrogens is 432 g/mol. The van der Waals surface area contributed by atoms with Crippen LogP contribution in [0.2, 0.25) is 10.0 Å². The molecule has 4 aromatic rings. The number of fused-ring (bicyclic) bond motifs is 1. The monoisotopic (exact) mass is 453 g/mol. The summed E-state index contributed by atoms with van der Waals surface area (Å²) in [6, 6.07) is 24.6. The Morgan fingerprint density at radius 1 is 0.839 bits per heavy atom. The highest BCUT2D eigenvalue weighted by Gasteiger charge is 2.10. The lowest BCUT2D eigenvalue weighted by Gasteiger charge is -2.15. The summed E-state index contributed by atoms with van der Waals surface area (Å²) in [4.78, 5) is 0. The topological polar surface area (TPSA) is 21.3 Å². The maximum absolute atomic E-state index is 13.9. The Bertz CT molecular complexity index is 1200. The molecule has 0 spiro atoms. The van der Waals surface area contributed by atoms with Crippen LogP contribution in [0.1, 0.15) is 16.7 Å². The predicted octanol–water partition coefficient (Wildman–Crippen LogP) is 7.20. The van der Waals surface area contributed by atoms with E-state index < -0.39 is 0 Å². The molecule has 0 bridgehead atoms. The van der Waals surface area contributed by atoms with Crippen molar-refractivity contribution in [2.75, 3.05) is 6.54 Å². The van der Waals surface area contributed by atoms with Crippen molar-refractivity contribution in [3.63, 3.8) is 0 Å². The molecule has 0 heterocycles. The first kappa shape index (κ1) is 21.6. The molecule has 0 fully saturated rings. The fourth-order valence-electron chi connectivity index (χ4n) is 3.56. The van der Waals surface area contributed by atoms with E-state index in [4.69, 9.17) is 27.9 Å². The molecule has 4 aromatic carbocycles. The van der Waals surface area contributed by atoms with Crippen LogP contribution in [0.4, 0.5) is 4.39 Å². The quantitative estimate of drug-likeness (QED) is 0.285. The van der Waals surface area contributed by atoms with E-state index in [1.165, 1.54) is 6.07 Å². The molecule has 0 saturated heterocycles. The Morgan fingerprint density at radius 2 is 1.65 bits per heavy atom. The summed E-state index contributed by atoms with van der Waals surface area (Å²) in [6.45, 7) is 1.67. The van der Waals surface area contributed by atoms with Gasteiger partial charge < -0.3 is 10.1 Å². The molecule has 0 amide bonds. The van der Waals surface area contributed by atoms with Gasteiger partial charge in [0.1, 0.15) is 18.2 Å². The van der Waals surface area contributed by atoms with Gasteiger partial charge in [-0.2, -0.15) is 0 Å². The molecule has 0 aliphatic heterocycles. The lowest BCUT2D eigenvalue weighted by molar-refractivity contribution is 0.303. The largest absolute Gasteiger partial charge is 0.489 e. The molecule has 0 aliphatic rings. The van der Waals surface area contributed by atoms with Gasteiger partial charge in [0.25, 0.3) is 0 Å². The fraction of sp³-hybridized carbons (Fsp3) is 0.154. The third kappa shape index (κ3) is 5.37. The van der Waals surface area contributed by atoms with E-state index in [1.807, 2.05) is 42.5 Å². The van der Waals surface area contributed by atoms with Crippen molar-refractivity contribution >= 4 is 34.0 Å². The second kappa shape index (κ2) is 10.1. The van der Waals surface area contributed by atoms with Gasteiger partial charge in [-0.05, 0) is 59.1 Å². The number of hydrogen-bond acceptors (Lipinski definition) is 2. The van der Waals surface area contributed by atoms with E-state index in [2.05, 4.69) is 23.5 Å². The summed E-state index contributed by atoms with van der Waals surface area (Å²) in [7, 11) is 0. The predicted molar refractivity (Wildman–Crippen MR) is 127 cm³/mol. The Balaban J connectivity index is 1.49. The third-order valence-electron chi connectivity index (χ3n) is 5.21.